The number of carbonyl (C=O) groups excluding carboxylic acids is 1. The zero-order chi connectivity index (χ0) is 19.3. The molecule has 144 valence electrons. The highest BCUT2D eigenvalue weighted by atomic mass is 16.5. The van der Waals surface area contributed by atoms with E-state index in [9.17, 15) is 4.79 Å². The molecule has 3 aliphatic rings. The molecule has 28 heavy (non-hydrogen) atoms. The second-order valence-corrected chi connectivity index (χ2v) is 7.85. The van der Waals surface area contributed by atoms with E-state index in [4.69, 9.17) is 9.47 Å². The minimum absolute atomic E-state index is 0.0000813. The molecular weight excluding hydrogens is 350 g/mol. The van der Waals surface area contributed by atoms with Crippen molar-refractivity contribution in [1.82, 2.24) is 4.90 Å². The Morgan fingerprint density at radius 2 is 1.96 bits per heavy atom. The number of aryl methyl sites for hydroxylation is 1. The van der Waals surface area contributed by atoms with Crippen molar-refractivity contribution in [3.05, 3.63) is 82.4 Å². The Hall–Kier alpha value is -2.43. The normalized spacial score (nSPS) is 28.3. The molecular formula is C24H25NO3. The van der Waals surface area contributed by atoms with Gasteiger partial charge in [0.25, 0.3) is 0 Å². The van der Waals surface area contributed by atoms with Crippen molar-refractivity contribution in [2.45, 2.75) is 51.1 Å². The Kier molecular flexibility index (Phi) is 4.33. The number of carbonyl (C=O) groups is 1. The lowest BCUT2D eigenvalue weighted by molar-refractivity contribution is -0.139. The van der Waals surface area contributed by atoms with Gasteiger partial charge < -0.3 is 9.47 Å². The number of esters is 1. The van der Waals surface area contributed by atoms with Crippen LogP contribution in [0.4, 0.5) is 0 Å². The molecule has 0 radical (unpaired) electrons. The number of ether oxygens (including phenoxy) is 2. The maximum Gasteiger partial charge on any atom is 0.333 e. The molecule has 0 saturated carbocycles. The molecule has 0 amide bonds. The maximum atomic E-state index is 12.5. The molecule has 0 aromatic heterocycles. The van der Waals surface area contributed by atoms with Crippen LogP contribution in [0, 0.1) is 6.92 Å². The quantitative estimate of drug-likeness (QED) is 0.752. The molecule has 1 saturated heterocycles. The summed E-state index contributed by atoms with van der Waals surface area (Å²) in [5.74, 6) is -0.222. The molecule has 0 N–H and O–H groups in total. The average Bonchev–Trinajstić information content (AvgIpc) is 3.24. The van der Waals surface area contributed by atoms with Crippen molar-refractivity contribution < 1.29 is 14.3 Å². The molecule has 4 nitrogen and oxygen atoms in total. The van der Waals surface area contributed by atoms with Crippen molar-refractivity contribution in [3.8, 4) is 0 Å². The molecule has 2 heterocycles. The lowest BCUT2D eigenvalue weighted by Gasteiger charge is -2.38. The molecule has 4 atom stereocenters. The van der Waals surface area contributed by atoms with E-state index in [0.29, 0.717) is 13.0 Å². The summed E-state index contributed by atoms with van der Waals surface area (Å²) in [6.45, 7) is 4.42. The van der Waals surface area contributed by atoms with E-state index in [2.05, 4.69) is 60.4 Å². The topological polar surface area (TPSA) is 38.8 Å². The monoisotopic (exact) mass is 375 g/mol. The molecule has 4 heteroatoms. The first-order valence-corrected chi connectivity index (χ1v) is 10.1. The van der Waals surface area contributed by atoms with Gasteiger partial charge in [0.1, 0.15) is 6.23 Å². The van der Waals surface area contributed by atoms with E-state index in [-0.39, 0.29) is 30.4 Å². The van der Waals surface area contributed by atoms with Crippen LogP contribution in [0.15, 0.2) is 60.2 Å². The summed E-state index contributed by atoms with van der Waals surface area (Å²) in [6, 6.07) is 17.2. The van der Waals surface area contributed by atoms with Crippen LogP contribution in [0.2, 0.25) is 0 Å². The fourth-order valence-corrected chi connectivity index (χ4v) is 5.10. The van der Waals surface area contributed by atoms with Crippen LogP contribution in [0.25, 0.3) is 0 Å². The second-order valence-electron chi connectivity index (χ2n) is 7.85. The van der Waals surface area contributed by atoms with E-state index in [1.807, 2.05) is 13.0 Å². The van der Waals surface area contributed by atoms with E-state index >= 15 is 0 Å². The number of benzene rings is 2. The third kappa shape index (κ3) is 2.71. The van der Waals surface area contributed by atoms with Gasteiger partial charge in [-0.3, -0.25) is 4.90 Å². The Bertz CT molecular complexity index is 936. The number of fused-ring (bicyclic) bond motifs is 5. The first-order chi connectivity index (χ1) is 13.7. The predicted octanol–water partition coefficient (Wildman–Crippen LogP) is 4.25. The molecule has 0 bridgehead atoms. The fraction of sp³-hybridized carbons (Fsp3) is 0.375. The summed E-state index contributed by atoms with van der Waals surface area (Å²) < 4.78 is 11.8. The summed E-state index contributed by atoms with van der Waals surface area (Å²) in [5, 5.41) is 0. The van der Waals surface area contributed by atoms with Crippen molar-refractivity contribution >= 4 is 5.97 Å². The molecule has 0 spiro atoms. The summed E-state index contributed by atoms with van der Waals surface area (Å²) in [5.41, 5.74) is 6.02. The molecule has 5 rings (SSSR count). The van der Waals surface area contributed by atoms with E-state index in [1.165, 1.54) is 22.3 Å². The molecule has 1 fully saturated rings. The summed E-state index contributed by atoms with van der Waals surface area (Å²) in [7, 11) is 0. The van der Waals surface area contributed by atoms with Gasteiger partial charge in [0, 0.05) is 18.4 Å². The minimum atomic E-state index is -0.222. The molecule has 2 aromatic carbocycles. The fourth-order valence-electron chi connectivity index (χ4n) is 5.10. The van der Waals surface area contributed by atoms with Gasteiger partial charge in [0.2, 0.25) is 0 Å². The van der Waals surface area contributed by atoms with Crippen LogP contribution >= 0.6 is 0 Å². The van der Waals surface area contributed by atoms with Gasteiger partial charge in [0.15, 0.2) is 0 Å². The van der Waals surface area contributed by atoms with E-state index in [0.717, 1.165) is 12.0 Å². The number of hydrogen-bond donors (Lipinski definition) is 0. The predicted molar refractivity (Wildman–Crippen MR) is 107 cm³/mol. The first kappa shape index (κ1) is 17.7. The maximum absolute atomic E-state index is 12.5. The highest BCUT2D eigenvalue weighted by Gasteiger charge is 2.52. The first-order valence-electron chi connectivity index (χ1n) is 10.1. The highest BCUT2D eigenvalue weighted by molar-refractivity contribution is 5.89. The van der Waals surface area contributed by atoms with Gasteiger partial charge >= 0.3 is 5.97 Å². The van der Waals surface area contributed by atoms with E-state index < -0.39 is 0 Å². The minimum Gasteiger partial charge on any atom is -0.463 e. The second kappa shape index (κ2) is 6.87. The largest absolute Gasteiger partial charge is 0.463 e. The van der Waals surface area contributed by atoms with Gasteiger partial charge in [-0.2, -0.15) is 0 Å². The standard InChI is InChI=1S/C24H25NO3/c1-3-27-24(26)18-12-19(16-9-5-4-6-10-16)25-21(14-18)28-20-13-17-11-7-8-15(2)22(17)23(20)25/h4-12,19-21,23H,3,13-14H2,1-2H3/t19-,20+,21+,23+/m0/s1. The van der Waals surface area contributed by atoms with Gasteiger partial charge in [-0.05, 0) is 36.1 Å². The van der Waals surface area contributed by atoms with E-state index in [1.54, 1.807) is 0 Å². The summed E-state index contributed by atoms with van der Waals surface area (Å²) in [6.07, 6.45) is 3.65. The van der Waals surface area contributed by atoms with Crippen LogP contribution in [0.1, 0.15) is 47.7 Å². The van der Waals surface area contributed by atoms with Gasteiger partial charge in [-0.1, -0.05) is 54.6 Å². The van der Waals surface area contributed by atoms with Crippen LogP contribution in [0.3, 0.4) is 0 Å². The molecule has 1 aliphatic carbocycles. The van der Waals surface area contributed by atoms with Crippen molar-refractivity contribution in [2.24, 2.45) is 0 Å². The highest BCUT2D eigenvalue weighted by Crippen LogP contribution is 2.52. The lowest BCUT2D eigenvalue weighted by atomic mass is 9.92. The Morgan fingerprint density at radius 1 is 1.14 bits per heavy atom. The SMILES string of the molecule is CCOC(=O)C1=C[C@@H](c2ccccc2)N2[C@@H](C1)O[C@@H]1Cc3cccc(C)c3[C@@H]12. The third-order valence-electron chi connectivity index (χ3n) is 6.22. The Labute approximate surface area is 165 Å². The number of hydrogen-bond acceptors (Lipinski definition) is 4. The van der Waals surface area contributed by atoms with Crippen LogP contribution in [0.5, 0.6) is 0 Å². The lowest BCUT2D eigenvalue weighted by Crippen LogP contribution is -2.40. The zero-order valence-electron chi connectivity index (χ0n) is 16.3. The molecule has 2 aliphatic heterocycles. The molecule has 2 aromatic rings. The number of rotatable bonds is 3. The Balaban J connectivity index is 1.60. The third-order valence-corrected chi connectivity index (χ3v) is 6.22. The van der Waals surface area contributed by atoms with Crippen molar-refractivity contribution in [3.63, 3.8) is 0 Å². The van der Waals surface area contributed by atoms with Crippen LogP contribution in [-0.2, 0) is 20.7 Å². The summed E-state index contributed by atoms with van der Waals surface area (Å²) >= 11 is 0. The zero-order valence-corrected chi connectivity index (χ0v) is 16.3. The Morgan fingerprint density at radius 3 is 2.75 bits per heavy atom. The summed E-state index contributed by atoms with van der Waals surface area (Å²) in [4.78, 5) is 15.0. The molecule has 0 unspecified atom stereocenters. The van der Waals surface area contributed by atoms with Crippen LogP contribution in [-0.4, -0.2) is 29.8 Å². The van der Waals surface area contributed by atoms with Crippen molar-refractivity contribution in [2.75, 3.05) is 6.61 Å². The number of nitrogens with zero attached hydrogens (tertiary/aromatic N) is 1. The van der Waals surface area contributed by atoms with Gasteiger partial charge in [-0.15, -0.1) is 0 Å². The average molecular weight is 375 g/mol. The van der Waals surface area contributed by atoms with Gasteiger partial charge in [0.05, 0.1) is 24.8 Å². The van der Waals surface area contributed by atoms with Crippen LogP contribution < -0.4 is 0 Å². The smallest absolute Gasteiger partial charge is 0.333 e. The van der Waals surface area contributed by atoms with Gasteiger partial charge in [-0.25, -0.2) is 4.79 Å². The van der Waals surface area contributed by atoms with Crippen molar-refractivity contribution in [1.29, 1.82) is 0 Å².